The monoisotopic (exact) mass is 492 g/mol. The molecule has 0 radical (unpaired) electrons. The van der Waals surface area contributed by atoms with Crippen molar-refractivity contribution in [2.24, 2.45) is 5.73 Å². The van der Waals surface area contributed by atoms with Gasteiger partial charge in [0.15, 0.2) is 6.17 Å². The van der Waals surface area contributed by atoms with Crippen molar-refractivity contribution in [2.45, 2.75) is 62.4 Å². The van der Waals surface area contributed by atoms with Crippen LogP contribution in [-0.2, 0) is 19.7 Å². The molecule has 1 aliphatic heterocycles. The van der Waals surface area contributed by atoms with Crippen LogP contribution in [0.1, 0.15) is 44.2 Å². The van der Waals surface area contributed by atoms with Crippen LogP contribution in [0.25, 0.3) is 0 Å². The second-order valence-corrected chi connectivity index (χ2v) is 10.3. The van der Waals surface area contributed by atoms with Gasteiger partial charge in [-0.25, -0.2) is 4.39 Å². The Morgan fingerprint density at radius 3 is 2.22 bits per heavy atom. The third kappa shape index (κ3) is 5.25. The number of amides is 1. The summed E-state index contributed by atoms with van der Waals surface area (Å²) in [7, 11) is 1.50. The van der Waals surface area contributed by atoms with E-state index in [9.17, 15) is 9.18 Å². The van der Waals surface area contributed by atoms with E-state index in [0.717, 1.165) is 30.5 Å². The molecule has 1 amide bonds. The molecule has 1 heterocycles. The van der Waals surface area contributed by atoms with Crippen molar-refractivity contribution < 1.29 is 18.7 Å². The molecule has 5 nitrogen and oxygen atoms in total. The highest BCUT2D eigenvalue weighted by Gasteiger charge is 2.43. The lowest BCUT2D eigenvalue weighted by atomic mass is 9.69. The topological polar surface area (TPSA) is 64.8 Å². The van der Waals surface area contributed by atoms with Gasteiger partial charge >= 0.3 is 0 Å². The highest BCUT2D eigenvalue weighted by Crippen LogP contribution is 2.40. The van der Waals surface area contributed by atoms with Crippen molar-refractivity contribution in [1.82, 2.24) is 4.90 Å². The number of rotatable bonds is 10. The van der Waals surface area contributed by atoms with Gasteiger partial charge in [0, 0.05) is 25.7 Å². The average molecular weight is 493 g/mol. The van der Waals surface area contributed by atoms with E-state index in [-0.39, 0.29) is 17.6 Å². The standard InChI is InChI=1S/C30H37FN2O3/c1-29(2,33-20-17-24(21-33)36-26-16-10-15-25(35-3)27(26)31)18-19-30(28(32)34,22-11-6-4-7-12-22)23-13-8-5-9-14-23/h4-16,24-25,27H,17-21H2,1-3H3,(H2,32,34)/t24-,25?,27?/m0/s1. The quantitative estimate of drug-likeness (QED) is 0.512. The number of ether oxygens (including phenoxy) is 2. The minimum absolute atomic E-state index is 0.0954. The van der Waals surface area contributed by atoms with Crippen LogP contribution < -0.4 is 5.73 Å². The molecule has 2 aromatic carbocycles. The van der Waals surface area contributed by atoms with Crippen LogP contribution in [0.5, 0.6) is 0 Å². The lowest BCUT2D eigenvalue weighted by Crippen LogP contribution is -2.47. The van der Waals surface area contributed by atoms with E-state index in [0.29, 0.717) is 18.7 Å². The van der Waals surface area contributed by atoms with Crippen molar-refractivity contribution in [1.29, 1.82) is 0 Å². The van der Waals surface area contributed by atoms with Crippen molar-refractivity contribution >= 4 is 5.91 Å². The first-order valence-corrected chi connectivity index (χ1v) is 12.7. The molecule has 6 heteroatoms. The molecule has 36 heavy (non-hydrogen) atoms. The van der Waals surface area contributed by atoms with Gasteiger partial charge in [-0.2, -0.15) is 0 Å². The molecule has 1 aliphatic carbocycles. The van der Waals surface area contributed by atoms with Crippen LogP contribution in [0.2, 0.25) is 0 Å². The number of benzene rings is 2. The zero-order valence-corrected chi connectivity index (χ0v) is 21.4. The van der Waals surface area contributed by atoms with Gasteiger partial charge < -0.3 is 15.2 Å². The second kappa shape index (κ2) is 11.0. The molecule has 4 rings (SSSR count). The molecule has 2 unspecified atom stereocenters. The number of nitrogens with zero attached hydrogens (tertiary/aromatic N) is 1. The van der Waals surface area contributed by atoms with Crippen LogP contribution in [0.4, 0.5) is 4.39 Å². The van der Waals surface area contributed by atoms with Gasteiger partial charge in [0.1, 0.15) is 18.0 Å². The first kappa shape index (κ1) is 26.1. The van der Waals surface area contributed by atoms with E-state index in [1.165, 1.54) is 7.11 Å². The fraction of sp³-hybridized carbons (Fsp3) is 0.433. The van der Waals surface area contributed by atoms with Crippen molar-refractivity contribution in [3.8, 4) is 0 Å². The maximum absolute atomic E-state index is 14.7. The summed E-state index contributed by atoms with van der Waals surface area (Å²) < 4.78 is 26.0. The Labute approximate surface area is 213 Å². The number of alkyl halides is 1. The number of hydrogen-bond acceptors (Lipinski definition) is 4. The Kier molecular flexibility index (Phi) is 7.96. The minimum atomic E-state index is -1.30. The molecular formula is C30H37FN2O3. The summed E-state index contributed by atoms with van der Waals surface area (Å²) in [5.41, 5.74) is 6.82. The molecule has 1 fully saturated rings. The molecule has 0 aromatic heterocycles. The predicted molar refractivity (Wildman–Crippen MR) is 140 cm³/mol. The van der Waals surface area contributed by atoms with E-state index in [4.69, 9.17) is 15.2 Å². The first-order chi connectivity index (χ1) is 17.3. The highest BCUT2D eigenvalue weighted by molar-refractivity contribution is 5.90. The SMILES string of the molecule is COC1C=CC=C(O[C@H]2CCN(C(C)(C)CCC(C(N)=O)(c3ccccc3)c3ccccc3)C2)C1F. The zero-order chi connectivity index (χ0) is 25.8. The van der Waals surface area contributed by atoms with Crippen LogP contribution in [0, 0.1) is 0 Å². The number of primary amides is 1. The number of allylic oxidation sites excluding steroid dienone is 2. The average Bonchev–Trinajstić information content (AvgIpc) is 3.36. The Morgan fingerprint density at radius 2 is 1.67 bits per heavy atom. The largest absolute Gasteiger partial charge is 0.490 e. The molecule has 0 spiro atoms. The Balaban J connectivity index is 1.49. The highest BCUT2D eigenvalue weighted by atomic mass is 19.1. The number of halogens is 1. The Hall–Kier alpha value is -2.96. The summed E-state index contributed by atoms with van der Waals surface area (Å²) in [6.45, 7) is 5.92. The van der Waals surface area contributed by atoms with Crippen LogP contribution in [0.3, 0.4) is 0 Å². The smallest absolute Gasteiger partial charge is 0.232 e. The number of hydrogen-bond donors (Lipinski definition) is 1. The number of likely N-dealkylation sites (tertiary alicyclic amines) is 1. The second-order valence-electron chi connectivity index (χ2n) is 10.3. The van der Waals surface area contributed by atoms with Gasteiger partial charge in [-0.15, -0.1) is 0 Å². The predicted octanol–water partition coefficient (Wildman–Crippen LogP) is 4.91. The summed E-state index contributed by atoms with van der Waals surface area (Å²) in [6, 6.07) is 19.6. The van der Waals surface area contributed by atoms with E-state index in [1.807, 2.05) is 60.7 Å². The van der Waals surface area contributed by atoms with Crippen molar-refractivity contribution in [3.63, 3.8) is 0 Å². The van der Waals surface area contributed by atoms with Crippen LogP contribution in [-0.4, -0.2) is 54.9 Å². The number of methoxy groups -OCH3 is 1. The maximum Gasteiger partial charge on any atom is 0.232 e. The molecule has 0 saturated carbocycles. The molecule has 2 aromatic rings. The molecule has 2 N–H and O–H groups in total. The van der Waals surface area contributed by atoms with Gasteiger partial charge in [-0.05, 0) is 50.3 Å². The Morgan fingerprint density at radius 1 is 1.06 bits per heavy atom. The summed E-state index contributed by atoms with van der Waals surface area (Å²) in [5.74, 6) is -0.0211. The van der Waals surface area contributed by atoms with Crippen molar-refractivity contribution in [2.75, 3.05) is 20.2 Å². The van der Waals surface area contributed by atoms with Gasteiger partial charge in [0.2, 0.25) is 5.91 Å². The molecule has 0 bridgehead atoms. The van der Waals surface area contributed by atoms with Gasteiger partial charge in [-0.1, -0.05) is 72.8 Å². The third-order valence-corrected chi connectivity index (χ3v) is 7.76. The van der Waals surface area contributed by atoms with Crippen LogP contribution >= 0.6 is 0 Å². The summed E-state index contributed by atoms with van der Waals surface area (Å²) >= 11 is 0. The number of carbonyl (C=O) groups excluding carboxylic acids is 1. The molecular weight excluding hydrogens is 455 g/mol. The lowest BCUT2D eigenvalue weighted by Gasteiger charge is -2.40. The molecule has 2 aliphatic rings. The van der Waals surface area contributed by atoms with Gasteiger partial charge in [0.05, 0.1) is 5.41 Å². The van der Waals surface area contributed by atoms with Gasteiger partial charge in [0.25, 0.3) is 0 Å². The van der Waals surface area contributed by atoms with Crippen LogP contribution in [0.15, 0.2) is 84.7 Å². The maximum atomic E-state index is 14.7. The summed E-state index contributed by atoms with van der Waals surface area (Å²) in [5, 5.41) is 0. The summed E-state index contributed by atoms with van der Waals surface area (Å²) in [4.78, 5) is 15.5. The number of nitrogens with two attached hydrogens (primary N) is 1. The Bertz CT molecular complexity index is 1040. The van der Waals surface area contributed by atoms with E-state index >= 15 is 0 Å². The fourth-order valence-electron chi connectivity index (χ4n) is 5.44. The van der Waals surface area contributed by atoms with E-state index in [1.54, 1.807) is 18.2 Å². The summed E-state index contributed by atoms with van der Waals surface area (Å²) in [6.07, 6.45) is 5.30. The minimum Gasteiger partial charge on any atom is -0.490 e. The van der Waals surface area contributed by atoms with Crippen molar-refractivity contribution in [3.05, 3.63) is 95.8 Å². The van der Waals surface area contributed by atoms with E-state index < -0.39 is 17.7 Å². The zero-order valence-electron chi connectivity index (χ0n) is 21.4. The number of carbonyl (C=O) groups is 1. The first-order valence-electron chi connectivity index (χ1n) is 12.7. The van der Waals surface area contributed by atoms with E-state index in [2.05, 4.69) is 18.7 Å². The third-order valence-electron chi connectivity index (χ3n) is 7.76. The fourth-order valence-corrected chi connectivity index (χ4v) is 5.44. The molecule has 192 valence electrons. The normalized spacial score (nSPS) is 22.9. The molecule has 1 saturated heterocycles. The van der Waals surface area contributed by atoms with Gasteiger partial charge in [-0.3, -0.25) is 9.69 Å². The molecule has 3 atom stereocenters. The lowest BCUT2D eigenvalue weighted by molar-refractivity contribution is -0.122.